The third-order valence-electron chi connectivity index (χ3n) is 1.86. The van der Waals surface area contributed by atoms with E-state index in [1.807, 2.05) is 23.1 Å². The molecule has 0 bridgehead atoms. The van der Waals surface area contributed by atoms with Crippen molar-refractivity contribution in [2.24, 2.45) is 0 Å². The Morgan fingerprint density at radius 1 is 1.43 bits per heavy atom. The predicted octanol–water partition coefficient (Wildman–Crippen LogP) is 3.02. The maximum Gasteiger partial charge on any atom is 0.00606 e. The van der Waals surface area contributed by atoms with Crippen molar-refractivity contribution >= 4 is 23.1 Å². The van der Waals surface area contributed by atoms with Crippen molar-refractivity contribution in [1.82, 2.24) is 5.32 Å². The smallest absolute Gasteiger partial charge is 0.00606 e. The van der Waals surface area contributed by atoms with Gasteiger partial charge in [0.25, 0.3) is 0 Å². The molecule has 1 N–H and O–H groups in total. The first-order valence-electron chi connectivity index (χ1n) is 5.13. The van der Waals surface area contributed by atoms with Crippen LogP contribution < -0.4 is 5.32 Å². The van der Waals surface area contributed by atoms with Gasteiger partial charge in [0.2, 0.25) is 0 Å². The van der Waals surface area contributed by atoms with Crippen LogP contribution in [0.15, 0.2) is 17.5 Å². The van der Waals surface area contributed by atoms with E-state index in [-0.39, 0.29) is 0 Å². The molecule has 1 rings (SSSR count). The molecule has 0 atom stereocenters. The van der Waals surface area contributed by atoms with Crippen LogP contribution in [0.4, 0.5) is 0 Å². The number of hydrogen-bond donors (Lipinski definition) is 1. The van der Waals surface area contributed by atoms with E-state index in [0.29, 0.717) is 0 Å². The van der Waals surface area contributed by atoms with Crippen LogP contribution >= 0.6 is 23.1 Å². The molecule has 0 aliphatic rings. The molecule has 0 fully saturated rings. The molecule has 14 heavy (non-hydrogen) atoms. The van der Waals surface area contributed by atoms with E-state index in [4.69, 9.17) is 0 Å². The molecule has 1 aromatic rings. The third-order valence-corrected chi connectivity index (χ3v) is 3.90. The van der Waals surface area contributed by atoms with E-state index >= 15 is 0 Å². The maximum absolute atomic E-state index is 3.46. The van der Waals surface area contributed by atoms with Crippen molar-refractivity contribution in [3.05, 3.63) is 22.4 Å². The fourth-order valence-corrected chi connectivity index (χ4v) is 2.60. The maximum atomic E-state index is 3.46. The molecule has 0 aliphatic carbocycles. The SMILES string of the molecule is CC(C)SCCNCCc1cccs1. The lowest BCUT2D eigenvalue weighted by Gasteiger charge is -2.05. The van der Waals surface area contributed by atoms with Crippen LogP contribution in [0.3, 0.4) is 0 Å². The average molecular weight is 229 g/mol. The normalized spacial score (nSPS) is 11.1. The molecule has 0 aromatic carbocycles. The Kier molecular flexibility index (Phi) is 6.32. The van der Waals surface area contributed by atoms with Crippen molar-refractivity contribution in [2.75, 3.05) is 18.8 Å². The summed E-state index contributed by atoms with van der Waals surface area (Å²) in [4.78, 5) is 1.48. The van der Waals surface area contributed by atoms with Gasteiger partial charge in [0, 0.05) is 17.2 Å². The Morgan fingerprint density at radius 2 is 2.29 bits per heavy atom. The minimum Gasteiger partial charge on any atom is -0.316 e. The second-order valence-corrected chi connectivity index (χ2v) is 6.22. The molecule has 0 saturated heterocycles. The van der Waals surface area contributed by atoms with E-state index in [0.717, 1.165) is 18.3 Å². The highest BCUT2D eigenvalue weighted by molar-refractivity contribution is 7.99. The lowest BCUT2D eigenvalue weighted by atomic mass is 10.3. The Bertz CT molecular complexity index is 219. The highest BCUT2D eigenvalue weighted by Crippen LogP contribution is 2.09. The number of thioether (sulfide) groups is 1. The molecule has 0 spiro atoms. The molecule has 0 unspecified atom stereocenters. The monoisotopic (exact) mass is 229 g/mol. The Hall–Kier alpha value is 0.01000. The quantitative estimate of drug-likeness (QED) is 0.721. The highest BCUT2D eigenvalue weighted by Gasteiger charge is 1.95. The molecular formula is C11H19NS2. The van der Waals surface area contributed by atoms with Gasteiger partial charge in [-0.25, -0.2) is 0 Å². The number of rotatable bonds is 7. The van der Waals surface area contributed by atoms with E-state index < -0.39 is 0 Å². The second kappa shape index (κ2) is 7.32. The molecule has 0 radical (unpaired) electrons. The van der Waals surface area contributed by atoms with Crippen LogP contribution in [0, 0.1) is 0 Å². The van der Waals surface area contributed by atoms with Crippen molar-refractivity contribution in [1.29, 1.82) is 0 Å². The van der Waals surface area contributed by atoms with Gasteiger partial charge in [0.05, 0.1) is 0 Å². The van der Waals surface area contributed by atoms with Gasteiger partial charge in [-0.15, -0.1) is 11.3 Å². The fraction of sp³-hybridized carbons (Fsp3) is 0.636. The summed E-state index contributed by atoms with van der Waals surface area (Å²) in [6.07, 6.45) is 1.17. The first kappa shape index (κ1) is 12.1. The first-order valence-corrected chi connectivity index (χ1v) is 7.06. The average Bonchev–Trinajstić information content (AvgIpc) is 2.63. The van der Waals surface area contributed by atoms with Crippen LogP contribution in [0.25, 0.3) is 0 Å². The van der Waals surface area contributed by atoms with E-state index in [9.17, 15) is 0 Å². The molecular weight excluding hydrogens is 210 g/mol. The van der Waals surface area contributed by atoms with Gasteiger partial charge in [-0.3, -0.25) is 0 Å². The molecule has 1 heterocycles. The lowest BCUT2D eigenvalue weighted by molar-refractivity contribution is 0.725. The van der Waals surface area contributed by atoms with Crippen molar-refractivity contribution in [3.8, 4) is 0 Å². The Morgan fingerprint density at radius 3 is 2.93 bits per heavy atom. The zero-order chi connectivity index (χ0) is 10.2. The molecule has 0 aliphatic heterocycles. The summed E-state index contributed by atoms with van der Waals surface area (Å²) in [7, 11) is 0. The number of nitrogens with one attached hydrogen (secondary N) is 1. The minimum atomic E-state index is 0.758. The van der Waals surface area contributed by atoms with Gasteiger partial charge in [-0.05, 0) is 29.7 Å². The second-order valence-electron chi connectivity index (χ2n) is 3.50. The summed E-state index contributed by atoms with van der Waals surface area (Å²) in [5.41, 5.74) is 0. The van der Waals surface area contributed by atoms with Crippen LogP contribution in [-0.4, -0.2) is 24.1 Å². The van der Waals surface area contributed by atoms with Gasteiger partial charge >= 0.3 is 0 Å². The van der Waals surface area contributed by atoms with Gasteiger partial charge in [-0.1, -0.05) is 19.9 Å². The standard InChI is InChI=1S/C11H19NS2/c1-10(2)13-9-7-12-6-5-11-4-3-8-14-11/h3-4,8,10,12H,5-7,9H2,1-2H3. The van der Waals surface area contributed by atoms with E-state index in [1.54, 1.807) is 0 Å². The molecule has 80 valence electrons. The summed E-state index contributed by atoms with van der Waals surface area (Å²) < 4.78 is 0. The number of hydrogen-bond acceptors (Lipinski definition) is 3. The highest BCUT2D eigenvalue weighted by atomic mass is 32.2. The van der Waals surface area contributed by atoms with E-state index in [2.05, 4.69) is 36.7 Å². The van der Waals surface area contributed by atoms with Gasteiger partial charge in [0.1, 0.15) is 0 Å². The minimum absolute atomic E-state index is 0.758. The summed E-state index contributed by atoms with van der Waals surface area (Å²) in [5, 5.41) is 6.37. The lowest BCUT2D eigenvalue weighted by Crippen LogP contribution is -2.20. The predicted molar refractivity (Wildman–Crippen MR) is 68.5 cm³/mol. The van der Waals surface area contributed by atoms with Crippen molar-refractivity contribution < 1.29 is 0 Å². The largest absolute Gasteiger partial charge is 0.316 e. The summed E-state index contributed by atoms with van der Waals surface area (Å²) >= 11 is 3.87. The van der Waals surface area contributed by atoms with Gasteiger partial charge in [0.15, 0.2) is 0 Å². The fourth-order valence-electron chi connectivity index (χ4n) is 1.16. The third kappa shape index (κ3) is 5.68. The zero-order valence-corrected chi connectivity index (χ0v) is 10.6. The number of thiophene rings is 1. The summed E-state index contributed by atoms with van der Waals surface area (Å²) in [6.45, 7) is 6.74. The topological polar surface area (TPSA) is 12.0 Å². The summed E-state index contributed by atoms with van der Waals surface area (Å²) in [6, 6.07) is 4.32. The Labute approximate surface area is 95.3 Å². The van der Waals surface area contributed by atoms with Gasteiger partial charge < -0.3 is 5.32 Å². The molecule has 0 amide bonds. The summed E-state index contributed by atoms with van der Waals surface area (Å²) in [5.74, 6) is 1.22. The molecule has 1 aromatic heterocycles. The Balaban J connectivity index is 1.90. The van der Waals surface area contributed by atoms with Crippen LogP contribution in [0.1, 0.15) is 18.7 Å². The van der Waals surface area contributed by atoms with Crippen molar-refractivity contribution in [2.45, 2.75) is 25.5 Å². The zero-order valence-electron chi connectivity index (χ0n) is 8.95. The van der Waals surface area contributed by atoms with Crippen molar-refractivity contribution in [3.63, 3.8) is 0 Å². The molecule has 1 nitrogen and oxygen atoms in total. The first-order chi connectivity index (χ1) is 6.79. The van der Waals surface area contributed by atoms with Crippen LogP contribution in [0.5, 0.6) is 0 Å². The van der Waals surface area contributed by atoms with Crippen LogP contribution in [-0.2, 0) is 6.42 Å². The van der Waals surface area contributed by atoms with Crippen LogP contribution in [0.2, 0.25) is 0 Å². The van der Waals surface area contributed by atoms with Gasteiger partial charge in [-0.2, -0.15) is 11.8 Å². The molecule has 3 heteroatoms. The molecule has 0 saturated carbocycles. The van der Waals surface area contributed by atoms with E-state index in [1.165, 1.54) is 17.1 Å².